The smallest absolute Gasteiger partial charge is 0.231 e. The van der Waals surface area contributed by atoms with Crippen molar-refractivity contribution in [3.8, 4) is 11.5 Å². The summed E-state index contributed by atoms with van der Waals surface area (Å²) in [6.45, 7) is 3.19. The number of ether oxygens (including phenoxy) is 2. The van der Waals surface area contributed by atoms with E-state index in [1.807, 2.05) is 6.07 Å². The van der Waals surface area contributed by atoms with Crippen molar-refractivity contribution in [2.75, 3.05) is 13.3 Å². The van der Waals surface area contributed by atoms with Crippen molar-refractivity contribution < 1.29 is 9.47 Å². The third-order valence-electron chi connectivity index (χ3n) is 4.96. The molecule has 1 aromatic heterocycles. The monoisotopic (exact) mass is 272 g/mol. The Bertz CT molecular complexity index is 669. The maximum Gasteiger partial charge on any atom is 0.231 e. The summed E-state index contributed by atoms with van der Waals surface area (Å²) in [6, 6.07) is 4.17. The summed E-state index contributed by atoms with van der Waals surface area (Å²) in [5.74, 6) is 1.68. The van der Waals surface area contributed by atoms with Crippen molar-refractivity contribution in [1.29, 1.82) is 0 Å². The summed E-state index contributed by atoms with van der Waals surface area (Å²) in [5, 5.41) is 1.25. The fraction of sp³-hybridized carbons (Fsp3) is 0.500. The van der Waals surface area contributed by atoms with Gasteiger partial charge in [-0.15, -0.1) is 0 Å². The van der Waals surface area contributed by atoms with Crippen LogP contribution in [0.3, 0.4) is 0 Å². The predicted molar refractivity (Wildman–Crippen MR) is 78.4 cm³/mol. The molecule has 1 aromatic carbocycles. The lowest BCUT2D eigenvalue weighted by Gasteiger charge is -2.28. The van der Waals surface area contributed by atoms with Crippen molar-refractivity contribution in [1.82, 2.24) is 4.98 Å². The molecule has 106 valence electrons. The van der Waals surface area contributed by atoms with E-state index in [9.17, 15) is 0 Å². The molecule has 0 spiro atoms. The Morgan fingerprint density at radius 2 is 1.90 bits per heavy atom. The molecule has 0 unspecified atom stereocenters. The first-order valence-corrected chi connectivity index (χ1v) is 7.36. The Morgan fingerprint density at radius 1 is 1.20 bits per heavy atom. The van der Waals surface area contributed by atoms with E-state index in [4.69, 9.17) is 15.2 Å². The number of hydrogen-bond donors (Lipinski definition) is 2. The Hall–Kier alpha value is -1.68. The molecule has 2 heterocycles. The minimum absolute atomic E-state index is 0.135. The molecule has 0 saturated heterocycles. The van der Waals surface area contributed by atoms with Crippen molar-refractivity contribution in [3.05, 3.63) is 23.4 Å². The summed E-state index contributed by atoms with van der Waals surface area (Å²) >= 11 is 0. The highest BCUT2D eigenvalue weighted by Crippen LogP contribution is 2.47. The van der Waals surface area contributed by atoms with Crippen LogP contribution in [0.4, 0.5) is 0 Å². The first kappa shape index (κ1) is 12.1. The van der Waals surface area contributed by atoms with Gasteiger partial charge < -0.3 is 20.2 Å². The lowest BCUT2D eigenvalue weighted by Crippen LogP contribution is -2.32. The molecule has 4 nitrogen and oxygen atoms in total. The predicted octanol–water partition coefficient (Wildman–Crippen LogP) is 2.98. The van der Waals surface area contributed by atoms with Crippen molar-refractivity contribution in [2.45, 2.75) is 38.0 Å². The number of H-pyrrole nitrogens is 1. The van der Waals surface area contributed by atoms with Crippen LogP contribution >= 0.6 is 0 Å². The molecule has 1 fully saturated rings. The van der Waals surface area contributed by atoms with Gasteiger partial charge in [0.15, 0.2) is 11.5 Å². The molecule has 20 heavy (non-hydrogen) atoms. The second-order valence-corrected chi connectivity index (χ2v) is 6.07. The average Bonchev–Trinajstić information content (AvgIpc) is 3.13. The molecular weight excluding hydrogens is 252 g/mol. The van der Waals surface area contributed by atoms with E-state index in [0.717, 1.165) is 23.6 Å². The number of nitrogens with two attached hydrogens (primary N) is 1. The number of aromatic nitrogens is 1. The minimum atomic E-state index is 0.135. The lowest BCUT2D eigenvalue weighted by atomic mass is 9.77. The maximum atomic E-state index is 6.16. The van der Waals surface area contributed by atoms with Gasteiger partial charge in [0.25, 0.3) is 0 Å². The average molecular weight is 272 g/mol. The molecule has 2 aliphatic rings. The quantitative estimate of drug-likeness (QED) is 0.883. The molecule has 3 N–H and O–H groups in total. The van der Waals surface area contributed by atoms with Crippen LogP contribution in [-0.2, 0) is 5.41 Å². The summed E-state index contributed by atoms with van der Waals surface area (Å²) in [7, 11) is 0. The number of aromatic amines is 1. The van der Waals surface area contributed by atoms with E-state index in [2.05, 4.69) is 18.0 Å². The number of benzene rings is 1. The van der Waals surface area contributed by atoms with Crippen molar-refractivity contribution in [3.63, 3.8) is 0 Å². The van der Waals surface area contributed by atoms with Gasteiger partial charge >= 0.3 is 0 Å². The molecule has 0 atom stereocenters. The third-order valence-corrected chi connectivity index (χ3v) is 4.96. The van der Waals surface area contributed by atoms with Crippen LogP contribution in [0.1, 0.15) is 36.9 Å². The molecule has 0 radical (unpaired) electrons. The molecule has 2 aromatic rings. The van der Waals surface area contributed by atoms with E-state index in [1.165, 1.54) is 42.3 Å². The Balaban J connectivity index is 1.96. The van der Waals surface area contributed by atoms with Gasteiger partial charge in [-0.2, -0.15) is 0 Å². The summed E-state index contributed by atoms with van der Waals surface area (Å²) in [5.41, 5.74) is 10.1. The highest BCUT2D eigenvalue weighted by atomic mass is 16.7. The van der Waals surface area contributed by atoms with E-state index >= 15 is 0 Å². The molecule has 1 saturated carbocycles. The van der Waals surface area contributed by atoms with Gasteiger partial charge in [0.1, 0.15) is 0 Å². The fourth-order valence-corrected chi connectivity index (χ4v) is 4.01. The Kier molecular flexibility index (Phi) is 2.51. The van der Waals surface area contributed by atoms with Gasteiger partial charge in [0, 0.05) is 34.6 Å². The second-order valence-electron chi connectivity index (χ2n) is 6.07. The SMILES string of the molecule is Cc1[nH]c2cc3c(cc2c1C1(CN)CCCC1)OCO3. The number of nitrogens with one attached hydrogen (secondary N) is 1. The number of fused-ring (bicyclic) bond motifs is 2. The van der Waals surface area contributed by atoms with Gasteiger partial charge in [-0.3, -0.25) is 0 Å². The zero-order valence-electron chi connectivity index (χ0n) is 11.8. The zero-order chi connectivity index (χ0) is 13.7. The van der Waals surface area contributed by atoms with Crippen molar-refractivity contribution >= 4 is 10.9 Å². The van der Waals surface area contributed by atoms with Crippen molar-refractivity contribution in [2.24, 2.45) is 5.73 Å². The van der Waals surface area contributed by atoms with Crippen LogP contribution in [0.15, 0.2) is 12.1 Å². The summed E-state index contributed by atoms with van der Waals surface area (Å²) in [6.07, 6.45) is 4.92. The molecule has 1 aliphatic carbocycles. The van der Waals surface area contributed by atoms with Crippen LogP contribution in [-0.4, -0.2) is 18.3 Å². The van der Waals surface area contributed by atoms with E-state index < -0.39 is 0 Å². The Morgan fingerprint density at radius 3 is 2.60 bits per heavy atom. The molecule has 4 heteroatoms. The topological polar surface area (TPSA) is 60.3 Å². The normalized spacial score (nSPS) is 19.9. The molecule has 4 rings (SSSR count). The highest BCUT2D eigenvalue weighted by molar-refractivity contribution is 5.89. The summed E-state index contributed by atoms with van der Waals surface area (Å²) in [4.78, 5) is 3.50. The second kappa shape index (κ2) is 4.16. The van der Waals surface area contributed by atoms with Gasteiger partial charge in [-0.25, -0.2) is 0 Å². The van der Waals surface area contributed by atoms with Crippen LogP contribution in [0.2, 0.25) is 0 Å². The first-order chi connectivity index (χ1) is 9.73. The van der Waals surface area contributed by atoms with Gasteiger partial charge in [-0.1, -0.05) is 12.8 Å². The third kappa shape index (κ3) is 1.51. The standard InChI is InChI=1S/C16H20N2O2/c1-10-15(16(8-17)4-2-3-5-16)11-6-13-14(20-9-19-13)7-12(11)18-10/h6-7,18H,2-5,8-9,17H2,1H3. The first-order valence-electron chi connectivity index (χ1n) is 7.36. The van der Waals surface area contributed by atoms with E-state index in [0.29, 0.717) is 6.79 Å². The lowest BCUT2D eigenvalue weighted by molar-refractivity contribution is 0.174. The number of rotatable bonds is 2. The van der Waals surface area contributed by atoms with Gasteiger partial charge in [0.05, 0.1) is 0 Å². The van der Waals surface area contributed by atoms with E-state index in [-0.39, 0.29) is 5.41 Å². The van der Waals surface area contributed by atoms with E-state index in [1.54, 1.807) is 0 Å². The number of hydrogen-bond acceptors (Lipinski definition) is 3. The summed E-state index contributed by atoms with van der Waals surface area (Å²) < 4.78 is 11.0. The minimum Gasteiger partial charge on any atom is -0.454 e. The van der Waals surface area contributed by atoms with Crippen LogP contribution in [0.25, 0.3) is 10.9 Å². The molecular formula is C16H20N2O2. The Labute approximate surface area is 118 Å². The number of aryl methyl sites for hydroxylation is 1. The maximum absolute atomic E-state index is 6.16. The molecule has 1 aliphatic heterocycles. The fourth-order valence-electron chi connectivity index (χ4n) is 4.01. The zero-order valence-corrected chi connectivity index (χ0v) is 11.8. The largest absolute Gasteiger partial charge is 0.454 e. The van der Waals surface area contributed by atoms with Crippen LogP contribution in [0.5, 0.6) is 11.5 Å². The highest BCUT2D eigenvalue weighted by Gasteiger charge is 2.38. The molecule has 0 amide bonds. The van der Waals surface area contributed by atoms with Crippen LogP contribution in [0, 0.1) is 6.92 Å². The molecule has 0 bridgehead atoms. The van der Waals surface area contributed by atoms with Gasteiger partial charge in [0.2, 0.25) is 6.79 Å². The van der Waals surface area contributed by atoms with Crippen LogP contribution < -0.4 is 15.2 Å². The van der Waals surface area contributed by atoms with Gasteiger partial charge in [-0.05, 0) is 31.4 Å².